The number of carbonyl (C=O) groups excluding carboxylic acids is 1. The Bertz CT molecular complexity index is 1280. The highest BCUT2D eigenvalue weighted by molar-refractivity contribution is 5.99. The molecule has 1 fully saturated rings. The molecule has 3 unspecified atom stereocenters. The summed E-state index contributed by atoms with van der Waals surface area (Å²) < 4.78 is 50.1. The molecule has 1 aliphatic heterocycles. The van der Waals surface area contributed by atoms with Crippen LogP contribution in [0.25, 0.3) is 0 Å². The number of ketones is 1. The van der Waals surface area contributed by atoms with Gasteiger partial charge in [-0.3, -0.25) is 9.69 Å². The minimum Gasteiger partial charge on any atom is -0.497 e. The van der Waals surface area contributed by atoms with E-state index in [2.05, 4.69) is 0 Å². The molecular formula is C29H30F3NO5. The first-order valence-corrected chi connectivity index (χ1v) is 12.2. The Morgan fingerprint density at radius 2 is 1.68 bits per heavy atom. The van der Waals surface area contributed by atoms with Gasteiger partial charge in [-0.25, -0.2) is 0 Å². The first-order chi connectivity index (χ1) is 18.0. The van der Waals surface area contributed by atoms with Gasteiger partial charge in [0.1, 0.15) is 17.1 Å². The third kappa shape index (κ3) is 5.85. The number of Topliss-reactive ketones (excluding diaryl/α,β-unsaturated/α-hetero) is 1. The Morgan fingerprint density at radius 3 is 2.37 bits per heavy atom. The molecule has 1 heterocycles. The Balaban J connectivity index is 1.64. The molecule has 202 valence electrons. The van der Waals surface area contributed by atoms with Crippen molar-refractivity contribution in [2.24, 2.45) is 5.92 Å². The Kier molecular flexibility index (Phi) is 8.10. The lowest BCUT2D eigenvalue weighted by Crippen LogP contribution is -2.53. The lowest BCUT2D eigenvalue weighted by molar-refractivity contribution is -0.137. The summed E-state index contributed by atoms with van der Waals surface area (Å²) in [4.78, 5) is 15.6. The quantitative estimate of drug-likeness (QED) is 0.407. The molecule has 0 aromatic heterocycles. The van der Waals surface area contributed by atoms with Crippen LogP contribution >= 0.6 is 0 Å². The second-order valence-electron chi connectivity index (χ2n) is 9.45. The van der Waals surface area contributed by atoms with Crippen LogP contribution in [0.1, 0.15) is 39.6 Å². The van der Waals surface area contributed by atoms with Crippen LogP contribution in [0.2, 0.25) is 0 Å². The van der Waals surface area contributed by atoms with E-state index in [0.29, 0.717) is 29.2 Å². The van der Waals surface area contributed by atoms with Crippen LogP contribution in [-0.2, 0) is 11.8 Å². The number of rotatable bonds is 8. The summed E-state index contributed by atoms with van der Waals surface area (Å²) in [6, 6.07) is 18.1. The zero-order valence-electron chi connectivity index (χ0n) is 21.1. The van der Waals surface area contributed by atoms with Gasteiger partial charge in [0.15, 0.2) is 5.78 Å². The molecule has 3 aromatic carbocycles. The van der Waals surface area contributed by atoms with Gasteiger partial charge < -0.3 is 19.7 Å². The topological polar surface area (TPSA) is 79.2 Å². The molecule has 0 spiro atoms. The van der Waals surface area contributed by atoms with E-state index in [4.69, 9.17) is 9.47 Å². The molecular weight excluding hydrogens is 499 g/mol. The number of carbonyl (C=O) groups is 1. The van der Waals surface area contributed by atoms with Crippen molar-refractivity contribution in [3.63, 3.8) is 0 Å². The summed E-state index contributed by atoms with van der Waals surface area (Å²) in [5.41, 5.74) is -1.37. The van der Waals surface area contributed by atoms with Crippen molar-refractivity contribution in [3.05, 3.63) is 95.1 Å². The fourth-order valence-electron chi connectivity index (χ4n) is 4.96. The first kappa shape index (κ1) is 27.6. The van der Waals surface area contributed by atoms with Crippen molar-refractivity contribution < 1.29 is 37.7 Å². The van der Waals surface area contributed by atoms with Crippen molar-refractivity contribution in [1.29, 1.82) is 0 Å². The maximum Gasteiger partial charge on any atom is 0.416 e. The van der Waals surface area contributed by atoms with Gasteiger partial charge in [0, 0.05) is 25.2 Å². The SMILES string of the molecule is COc1cccc(C(=O)C2CN(CC(O)c3cccc(C(F)(F)F)c3)CCC2(O)c2cccc(OC)c2)c1. The van der Waals surface area contributed by atoms with E-state index >= 15 is 0 Å². The van der Waals surface area contributed by atoms with Crippen molar-refractivity contribution in [2.45, 2.75) is 24.3 Å². The number of halogens is 3. The molecule has 6 nitrogen and oxygen atoms in total. The van der Waals surface area contributed by atoms with Gasteiger partial charge in [0.05, 0.1) is 31.8 Å². The van der Waals surface area contributed by atoms with E-state index in [1.54, 1.807) is 53.4 Å². The average Bonchev–Trinajstić information content (AvgIpc) is 2.93. The number of methoxy groups -OCH3 is 2. The Hall–Kier alpha value is -3.40. The number of ether oxygens (including phenoxy) is 2. The second kappa shape index (κ2) is 11.1. The molecule has 0 amide bonds. The van der Waals surface area contributed by atoms with Crippen molar-refractivity contribution >= 4 is 5.78 Å². The van der Waals surface area contributed by atoms with E-state index in [-0.39, 0.29) is 30.9 Å². The molecule has 2 N–H and O–H groups in total. The molecule has 0 radical (unpaired) electrons. The molecule has 0 aliphatic carbocycles. The highest BCUT2D eigenvalue weighted by atomic mass is 19.4. The highest BCUT2D eigenvalue weighted by Gasteiger charge is 2.47. The summed E-state index contributed by atoms with van der Waals surface area (Å²) in [6.45, 7) is 0.392. The molecule has 0 bridgehead atoms. The fourth-order valence-corrected chi connectivity index (χ4v) is 4.96. The number of aliphatic hydroxyl groups is 2. The van der Waals surface area contributed by atoms with Crippen LogP contribution in [0.3, 0.4) is 0 Å². The number of benzene rings is 3. The molecule has 3 aromatic rings. The third-order valence-electron chi connectivity index (χ3n) is 7.10. The lowest BCUT2D eigenvalue weighted by Gasteiger charge is -2.44. The van der Waals surface area contributed by atoms with Crippen LogP contribution in [0.5, 0.6) is 11.5 Å². The number of aliphatic hydroxyl groups excluding tert-OH is 1. The minimum atomic E-state index is -4.53. The first-order valence-electron chi connectivity index (χ1n) is 12.2. The summed E-state index contributed by atoms with van der Waals surface area (Å²) >= 11 is 0. The predicted molar refractivity (Wildman–Crippen MR) is 135 cm³/mol. The summed E-state index contributed by atoms with van der Waals surface area (Å²) in [5, 5.41) is 22.8. The molecule has 9 heteroatoms. The Labute approximate surface area is 219 Å². The zero-order chi connectivity index (χ0) is 27.5. The van der Waals surface area contributed by atoms with E-state index in [1.165, 1.54) is 26.4 Å². The second-order valence-corrected chi connectivity index (χ2v) is 9.45. The van der Waals surface area contributed by atoms with Gasteiger partial charge in [0.25, 0.3) is 0 Å². The number of hydrogen-bond acceptors (Lipinski definition) is 6. The molecule has 0 saturated carbocycles. The monoisotopic (exact) mass is 529 g/mol. The van der Waals surface area contributed by atoms with Gasteiger partial charge in [-0.1, -0.05) is 36.4 Å². The van der Waals surface area contributed by atoms with E-state index < -0.39 is 29.4 Å². The predicted octanol–water partition coefficient (Wildman–Crippen LogP) is 4.85. The maximum atomic E-state index is 13.8. The largest absolute Gasteiger partial charge is 0.497 e. The van der Waals surface area contributed by atoms with Crippen LogP contribution < -0.4 is 9.47 Å². The fraction of sp³-hybridized carbons (Fsp3) is 0.345. The van der Waals surface area contributed by atoms with Gasteiger partial charge in [-0.2, -0.15) is 13.2 Å². The maximum absolute atomic E-state index is 13.8. The van der Waals surface area contributed by atoms with Crippen LogP contribution in [0.15, 0.2) is 72.8 Å². The van der Waals surface area contributed by atoms with Crippen molar-refractivity contribution in [1.82, 2.24) is 4.90 Å². The summed E-state index contributed by atoms with van der Waals surface area (Å²) in [7, 11) is 3.01. The number of alkyl halides is 3. The number of hydrogen-bond donors (Lipinski definition) is 2. The van der Waals surface area contributed by atoms with Gasteiger partial charge in [0.2, 0.25) is 0 Å². The number of piperidine rings is 1. The van der Waals surface area contributed by atoms with Gasteiger partial charge in [-0.15, -0.1) is 0 Å². The van der Waals surface area contributed by atoms with Crippen LogP contribution in [0.4, 0.5) is 13.2 Å². The molecule has 1 saturated heterocycles. The Morgan fingerprint density at radius 1 is 1.03 bits per heavy atom. The van der Waals surface area contributed by atoms with Crippen molar-refractivity contribution in [2.75, 3.05) is 33.9 Å². The van der Waals surface area contributed by atoms with Crippen molar-refractivity contribution in [3.8, 4) is 11.5 Å². The number of likely N-dealkylation sites (tertiary alicyclic amines) is 1. The molecule has 4 rings (SSSR count). The zero-order valence-corrected chi connectivity index (χ0v) is 21.1. The van der Waals surface area contributed by atoms with Gasteiger partial charge >= 0.3 is 6.18 Å². The van der Waals surface area contributed by atoms with E-state index in [9.17, 15) is 28.2 Å². The molecule has 3 atom stereocenters. The average molecular weight is 530 g/mol. The third-order valence-corrected chi connectivity index (χ3v) is 7.10. The summed E-state index contributed by atoms with van der Waals surface area (Å²) in [6.07, 6.45) is -5.58. The smallest absolute Gasteiger partial charge is 0.416 e. The highest BCUT2D eigenvalue weighted by Crippen LogP contribution is 2.41. The van der Waals surface area contributed by atoms with E-state index in [0.717, 1.165) is 12.1 Å². The standard InChI is InChI=1S/C29H30F3NO5/c1-37-23-10-4-7-20(15-23)27(35)25-17-33(13-12-28(25,36)21-8-5-11-24(16-21)38-2)18-26(34)19-6-3-9-22(14-19)29(30,31)32/h3-11,14-16,25-26,34,36H,12-13,17-18H2,1-2H3. The van der Waals surface area contributed by atoms with Crippen LogP contribution in [0, 0.1) is 5.92 Å². The minimum absolute atomic E-state index is 0.00259. The molecule has 38 heavy (non-hydrogen) atoms. The number of nitrogens with zero attached hydrogens (tertiary/aromatic N) is 1. The molecule has 1 aliphatic rings. The number of β-amino-alcohol motifs (C(OH)–C–C–N with tert-alkyl or cyclic N) is 1. The summed E-state index contributed by atoms with van der Waals surface area (Å²) in [5.74, 6) is -0.212. The normalized spacial score (nSPS) is 21.1. The lowest BCUT2D eigenvalue weighted by atomic mass is 9.72. The van der Waals surface area contributed by atoms with E-state index in [1.807, 2.05) is 0 Å². The van der Waals surface area contributed by atoms with Gasteiger partial charge in [-0.05, 0) is 53.9 Å². The van der Waals surface area contributed by atoms with Crippen LogP contribution in [-0.4, -0.2) is 54.8 Å².